The Hall–Kier alpha value is -3.28. The Labute approximate surface area is 170 Å². The first-order valence-corrected chi connectivity index (χ1v) is 10.0. The molecule has 150 valence electrons. The molecule has 1 aliphatic heterocycles. The smallest absolute Gasteiger partial charge is 0.273 e. The van der Waals surface area contributed by atoms with Crippen molar-refractivity contribution in [3.63, 3.8) is 0 Å². The van der Waals surface area contributed by atoms with Crippen LogP contribution in [0.4, 0.5) is 5.69 Å². The molecule has 3 aromatic rings. The van der Waals surface area contributed by atoms with Crippen LogP contribution in [0.25, 0.3) is 0 Å². The number of aryl methyl sites for hydroxylation is 1. The van der Waals surface area contributed by atoms with Gasteiger partial charge in [0.25, 0.3) is 5.91 Å². The number of nitrogens with zero attached hydrogens (tertiary/aromatic N) is 2. The third-order valence-corrected chi connectivity index (χ3v) is 5.01. The van der Waals surface area contributed by atoms with Crippen molar-refractivity contribution in [2.24, 2.45) is 0 Å². The van der Waals surface area contributed by atoms with Crippen molar-refractivity contribution in [1.29, 1.82) is 0 Å². The van der Waals surface area contributed by atoms with Gasteiger partial charge in [-0.2, -0.15) is 0 Å². The molecule has 4 rings (SSSR count). The zero-order chi connectivity index (χ0) is 19.9. The third-order valence-electron chi connectivity index (χ3n) is 5.01. The van der Waals surface area contributed by atoms with Crippen LogP contribution < -0.4 is 15.0 Å². The average molecular weight is 391 g/mol. The maximum Gasteiger partial charge on any atom is 0.273 e. The third kappa shape index (κ3) is 4.96. The zero-order valence-electron chi connectivity index (χ0n) is 16.3. The number of hydrogen-bond acceptors (Lipinski definition) is 5. The van der Waals surface area contributed by atoms with E-state index in [0.29, 0.717) is 12.3 Å². The van der Waals surface area contributed by atoms with Gasteiger partial charge in [0, 0.05) is 31.4 Å². The first-order valence-electron chi connectivity index (χ1n) is 10.0. The second-order valence-electron chi connectivity index (χ2n) is 7.11. The van der Waals surface area contributed by atoms with Crippen LogP contribution in [0.1, 0.15) is 34.7 Å². The van der Waals surface area contributed by atoms with Gasteiger partial charge in [0.15, 0.2) is 11.5 Å². The first kappa shape index (κ1) is 19.1. The molecule has 6 nitrogen and oxygen atoms in total. The fourth-order valence-electron chi connectivity index (χ4n) is 3.57. The van der Waals surface area contributed by atoms with Gasteiger partial charge in [0.05, 0.1) is 0 Å². The van der Waals surface area contributed by atoms with E-state index >= 15 is 0 Å². The molecule has 2 heterocycles. The summed E-state index contributed by atoms with van der Waals surface area (Å²) in [4.78, 5) is 14.7. The monoisotopic (exact) mass is 391 g/mol. The highest BCUT2D eigenvalue weighted by atomic mass is 16.5. The number of hydrogen-bond donors (Lipinski definition) is 1. The topological polar surface area (TPSA) is 67.6 Å². The fraction of sp³-hybridized carbons (Fsp3) is 0.304. The summed E-state index contributed by atoms with van der Waals surface area (Å²) in [6.45, 7) is 2.82. The minimum Gasteiger partial charge on any atom is -0.486 e. The van der Waals surface area contributed by atoms with E-state index in [-0.39, 0.29) is 18.2 Å². The van der Waals surface area contributed by atoms with Gasteiger partial charge in [-0.25, -0.2) is 0 Å². The molecule has 2 aromatic carbocycles. The lowest BCUT2D eigenvalue weighted by atomic mass is 10.0. The number of ether oxygens (including phenoxy) is 1. The molecule has 0 unspecified atom stereocenters. The molecular weight excluding hydrogens is 366 g/mol. The van der Waals surface area contributed by atoms with Gasteiger partial charge in [0.2, 0.25) is 0 Å². The van der Waals surface area contributed by atoms with Crippen molar-refractivity contribution in [3.05, 3.63) is 77.7 Å². The molecule has 0 atom stereocenters. The van der Waals surface area contributed by atoms with Gasteiger partial charge in [-0.05, 0) is 43.0 Å². The number of fused-ring (bicyclic) bond motifs is 1. The van der Waals surface area contributed by atoms with Gasteiger partial charge in [-0.1, -0.05) is 41.6 Å². The summed E-state index contributed by atoms with van der Waals surface area (Å²) in [7, 11) is 0. The van der Waals surface area contributed by atoms with E-state index in [1.54, 1.807) is 6.07 Å². The normalized spacial score (nSPS) is 13.0. The molecule has 1 N–H and O–H groups in total. The summed E-state index contributed by atoms with van der Waals surface area (Å²) in [5.41, 5.74) is 3.01. The number of benzene rings is 2. The molecule has 0 radical (unpaired) electrons. The van der Waals surface area contributed by atoms with Crippen LogP contribution in [0, 0.1) is 0 Å². The minimum atomic E-state index is -0.223. The van der Waals surface area contributed by atoms with Crippen molar-refractivity contribution >= 4 is 11.6 Å². The van der Waals surface area contributed by atoms with Gasteiger partial charge < -0.3 is 19.5 Å². The number of amides is 1. The van der Waals surface area contributed by atoms with E-state index in [4.69, 9.17) is 9.26 Å². The molecule has 6 heteroatoms. The van der Waals surface area contributed by atoms with Gasteiger partial charge in [-0.15, -0.1) is 0 Å². The van der Waals surface area contributed by atoms with E-state index in [0.717, 1.165) is 31.7 Å². The summed E-state index contributed by atoms with van der Waals surface area (Å²) < 4.78 is 10.8. The molecular formula is C23H25N3O3. The van der Waals surface area contributed by atoms with Crippen LogP contribution in [-0.2, 0) is 13.0 Å². The highest BCUT2D eigenvalue weighted by Crippen LogP contribution is 2.26. The quantitative estimate of drug-likeness (QED) is 0.591. The van der Waals surface area contributed by atoms with Gasteiger partial charge in [0.1, 0.15) is 12.4 Å². The van der Waals surface area contributed by atoms with Crippen LogP contribution in [-0.4, -0.2) is 30.7 Å². The summed E-state index contributed by atoms with van der Waals surface area (Å²) in [6.07, 6.45) is 3.20. The second-order valence-corrected chi connectivity index (χ2v) is 7.11. The predicted molar refractivity (Wildman–Crippen MR) is 111 cm³/mol. The van der Waals surface area contributed by atoms with Crippen LogP contribution in [0.3, 0.4) is 0 Å². The maximum atomic E-state index is 12.3. The van der Waals surface area contributed by atoms with Gasteiger partial charge >= 0.3 is 0 Å². The van der Waals surface area contributed by atoms with Crippen LogP contribution in [0.15, 0.2) is 65.2 Å². The Balaban J connectivity index is 1.21. The standard InChI is InChI=1S/C23H25N3O3/c27-23(21-16-20(29-25-21)17-28-19-10-2-1-3-11-19)24-13-7-15-26-14-6-9-18-8-4-5-12-22(18)26/h1-5,8,10-12,16H,6-7,9,13-15,17H2,(H,24,27). The molecule has 29 heavy (non-hydrogen) atoms. The Morgan fingerprint density at radius 3 is 2.86 bits per heavy atom. The zero-order valence-corrected chi connectivity index (χ0v) is 16.3. The van der Waals surface area contributed by atoms with E-state index < -0.39 is 0 Å². The average Bonchev–Trinajstić information content (AvgIpc) is 3.25. The Morgan fingerprint density at radius 2 is 1.97 bits per heavy atom. The van der Waals surface area contributed by atoms with E-state index in [1.165, 1.54) is 17.7 Å². The van der Waals surface area contributed by atoms with Gasteiger partial charge in [-0.3, -0.25) is 4.79 Å². The van der Waals surface area contributed by atoms with Crippen LogP contribution in [0.2, 0.25) is 0 Å². The molecule has 0 spiro atoms. The highest BCUT2D eigenvalue weighted by Gasteiger charge is 2.16. The number of nitrogens with one attached hydrogen (secondary N) is 1. The number of para-hydroxylation sites is 2. The molecule has 0 fully saturated rings. The van der Waals surface area contributed by atoms with Crippen molar-refractivity contribution in [1.82, 2.24) is 10.5 Å². The lowest BCUT2D eigenvalue weighted by Gasteiger charge is -2.31. The molecule has 0 saturated carbocycles. The second kappa shape index (κ2) is 9.28. The molecule has 0 aliphatic carbocycles. The first-order chi connectivity index (χ1) is 14.3. The Kier molecular flexibility index (Phi) is 6.10. The molecule has 0 bridgehead atoms. The van der Waals surface area contributed by atoms with E-state index in [2.05, 4.69) is 39.6 Å². The summed E-state index contributed by atoms with van der Waals surface area (Å²) in [5.74, 6) is 1.04. The fourth-order valence-corrected chi connectivity index (χ4v) is 3.57. The molecule has 0 saturated heterocycles. The highest BCUT2D eigenvalue weighted by molar-refractivity contribution is 5.92. The van der Waals surface area contributed by atoms with Crippen LogP contribution in [0.5, 0.6) is 5.75 Å². The molecule has 1 aromatic heterocycles. The summed E-state index contributed by atoms with van der Waals surface area (Å²) in [6, 6.07) is 19.6. The Morgan fingerprint density at radius 1 is 1.14 bits per heavy atom. The van der Waals surface area contributed by atoms with E-state index in [9.17, 15) is 4.79 Å². The predicted octanol–water partition coefficient (Wildman–Crippen LogP) is 3.83. The van der Waals surface area contributed by atoms with E-state index in [1.807, 2.05) is 30.3 Å². The lowest BCUT2D eigenvalue weighted by Crippen LogP contribution is -2.33. The van der Waals surface area contributed by atoms with Crippen LogP contribution >= 0.6 is 0 Å². The number of carbonyl (C=O) groups is 1. The molecule has 1 aliphatic rings. The molecule has 1 amide bonds. The number of aromatic nitrogens is 1. The van der Waals surface area contributed by atoms with Crippen molar-refractivity contribution < 1.29 is 14.1 Å². The Bertz CT molecular complexity index is 939. The SMILES string of the molecule is O=C(NCCCN1CCCc2ccccc21)c1cc(COc2ccccc2)on1. The number of carbonyl (C=O) groups excluding carboxylic acids is 1. The van der Waals surface area contributed by atoms with Crippen molar-refractivity contribution in [2.45, 2.75) is 25.9 Å². The minimum absolute atomic E-state index is 0.223. The maximum absolute atomic E-state index is 12.3. The number of anilines is 1. The summed E-state index contributed by atoms with van der Waals surface area (Å²) >= 11 is 0. The van der Waals surface area contributed by atoms with Crippen molar-refractivity contribution in [2.75, 3.05) is 24.5 Å². The summed E-state index contributed by atoms with van der Waals surface area (Å²) in [5, 5.41) is 6.77. The largest absolute Gasteiger partial charge is 0.486 e. The lowest BCUT2D eigenvalue weighted by molar-refractivity contribution is 0.0944. The number of rotatable bonds is 8. The van der Waals surface area contributed by atoms with Crippen molar-refractivity contribution in [3.8, 4) is 5.75 Å².